The minimum absolute atomic E-state index is 0.0193. The smallest absolute Gasteiger partial charge is 0.326 e. The maximum Gasteiger partial charge on any atom is 0.326 e. The van der Waals surface area contributed by atoms with Gasteiger partial charge < -0.3 is 24.8 Å². The van der Waals surface area contributed by atoms with E-state index >= 15 is 0 Å². The Kier molecular flexibility index (Phi) is 9.34. The van der Waals surface area contributed by atoms with Gasteiger partial charge in [-0.15, -0.1) is 0 Å². The number of aliphatic carboxylic acids is 1. The average Bonchev–Trinajstić information content (AvgIpc) is 3.29. The van der Waals surface area contributed by atoms with E-state index in [0.717, 1.165) is 54.5 Å². The molecule has 4 atom stereocenters. The fraction of sp³-hybridized carbons (Fsp3) is 0.562. The molecule has 1 aliphatic heterocycles. The van der Waals surface area contributed by atoms with Gasteiger partial charge in [0.05, 0.1) is 19.8 Å². The zero-order valence-corrected chi connectivity index (χ0v) is 24.0. The highest BCUT2D eigenvalue weighted by molar-refractivity contribution is 5.87. The van der Waals surface area contributed by atoms with Gasteiger partial charge in [-0.25, -0.2) is 4.79 Å². The highest BCUT2D eigenvalue weighted by Gasteiger charge is 2.58. The fourth-order valence-corrected chi connectivity index (χ4v) is 6.74. The Hall–Kier alpha value is -2.90. The van der Waals surface area contributed by atoms with Crippen LogP contribution in [-0.2, 0) is 27.5 Å². The van der Waals surface area contributed by atoms with Crippen LogP contribution >= 0.6 is 0 Å². The summed E-state index contributed by atoms with van der Waals surface area (Å²) in [5.74, 6) is -0.648. The van der Waals surface area contributed by atoms with Crippen LogP contribution in [0.2, 0.25) is 0 Å². The number of methoxy groups -OCH3 is 2. The van der Waals surface area contributed by atoms with Crippen LogP contribution in [0.4, 0.5) is 0 Å². The van der Waals surface area contributed by atoms with Crippen LogP contribution < -0.4 is 10.1 Å². The molecule has 1 aliphatic carbocycles. The summed E-state index contributed by atoms with van der Waals surface area (Å²) in [6, 6.07) is 14.3. The number of amides is 1. The molecule has 2 N–H and O–H groups in total. The highest BCUT2D eigenvalue weighted by atomic mass is 16.5. The quantitative estimate of drug-likeness (QED) is 0.435. The minimum atomic E-state index is -0.941. The van der Waals surface area contributed by atoms with Crippen molar-refractivity contribution in [1.82, 2.24) is 10.2 Å². The van der Waals surface area contributed by atoms with Crippen molar-refractivity contribution < 1.29 is 24.2 Å². The first-order valence-electron chi connectivity index (χ1n) is 14.2. The van der Waals surface area contributed by atoms with Crippen molar-refractivity contribution in [3.05, 3.63) is 65.2 Å². The van der Waals surface area contributed by atoms with Crippen molar-refractivity contribution in [3.8, 4) is 5.75 Å². The Balaban J connectivity index is 1.79. The predicted octanol–water partition coefficient (Wildman–Crippen LogP) is 5.58. The molecular weight excluding hydrogens is 492 g/mol. The number of nitrogens with one attached hydrogen (secondary N) is 1. The molecule has 2 fully saturated rings. The molecule has 2 aromatic rings. The van der Waals surface area contributed by atoms with Crippen LogP contribution in [0, 0.1) is 17.3 Å². The Morgan fingerprint density at radius 1 is 1.03 bits per heavy atom. The number of nitrogens with zero attached hydrogens (tertiary/aromatic N) is 1. The van der Waals surface area contributed by atoms with E-state index < -0.39 is 18.1 Å². The lowest BCUT2D eigenvalue weighted by Gasteiger charge is -2.36. The number of likely N-dealkylation sites (tertiary alicyclic amines) is 1. The average molecular weight is 537 g/mol. The summed E-state index contributed by atoms with van der Waals surface area (Å²) < 4.78 is 11.0. The third-order valence-corrected chi connectivity index (χ3v) is 8.45. The molecule has 2 aromatic carbocycles. The van der Waals surface area contributed by atoms with E-state index in [-0.39, 0.29) is 29.2 Å². The topological polar surface area (TPSA) is 88.1 Å². The van der Waals surface area contributed by atoms with Crippen molar-refractivity contribution in [3.63, 3.8) is 0 Å². The second-order valence-corrected chi connectivity index (χ2v) is 12.1. The number of ether oxygens (including phenoxy) is 2. The van der Waals surface area contributed by atoms with Gasteiger partial charge in [-0.05, 0) is 41.5 Å². The van der Waals surface area contributed by atoms with Gasteiger partial charge in [0.25, 0.3) is 0 Å². The van der Waals surface area contributed by atoms with Gasteiger partial charge in [-0.1, -0.05) is 76.4 Å². The molecule has 1 saturated heterocycles. The Labute approximate surface area is 232 Å². The zero-order chi connectivity index (χ0) is 28.2. The molecule has 1 heterocycles. The second kappa shape index (κ2) is 12.5. The van der Waals surface area contributed by atoms with E-state index in [1.807, 2.05) is 42.5 Å². The summed E-state index contributed by atoms with van der Waals surface area (Å²) in [5.41, 5.74) is 2.58. The molecular formula is C32H44N2O5. The van der Waals surface area contributed by atoms with Gasteiger partial charge in [0.1, 0.15) is 11.8 Å². The van der Waals surface area contributed by atoms with Gasteiger partial charge in [-0.2, -0.15) is 0 Å². The van der Waals surface area contributed by atoms with E-state index in [0.29, 0.717) is 13.2 Å². The summed E-state index contributed by atoms with van der Waals surface area (Å²) >= 11 is 0. The van der Waals surface area contributed by atoms with E-state index in [4.69, 9.17) is 9.47 Å². The first kappa shape index (κ1) is 29.1. The largest absolute Gasteiger partial charge is 0.496 e. The summed E-state index contributed by atoms with van der Waals surface area (Å²) in [4.78, 5) is 29.0. The van der Waals surface area contributed by atoms with Gasteiger partial charge >= 0.3 is 5.97 Å². The molecule has 7 nitrogen and oxygen atoms in total. The van der Waals surface area contributed by atoms with E-state index in [9.17, 15) is 14.7 Å². The van der Waals surface area contributed by atoms with E-state index in [1.165, 1.54) is 0 Å². The van der Waals surface area contributed by atoms with Crippen LogP contribution in [0.5, 0.6) is 5.75 Å². The first-order valence-corrected chi connectivity index (χ1v) is 14.2. The molecule has 0 radical (unpaired) electrons. The zero-order valence-electron chi connectivity index (χ0n) is 24.0. The number of benzene rings is 2. The van der Waals surface area contributed by atoms with Gasteiger partial charge in [0.2, 0.25) is 5.91 Å². The molecule has 39 heavy (non-hydrogen) atoms. The van der Waals surface area contributed by atoms with E-state index in [2.05, 4.69) is 32.2 Å². The molecule has 7 heteroatoms. The van der Waals surface area contributed by atoms with Crippen LogP contribution in [0.1, 0.15) is 75.6 Å². The molecule has 0 unspecified atom stereocenters. The lowest BCUT2D eigenvalue weighted by Crippen LogP contribution is -2.49. The summed E-state index contributed by atoms with van der Waals surface area (Å²) in [6.45, 7) is 7.21. The lowest BCUT2D eigenvalue weighted by atomic mass is 9.72. The van der Waals surface area contributed by atoms with Crippen LogP contribution in [0.25, 0.3) is 0 Å². The maximum absolute atomic E-state index is 14.2. The van der Waals surface area contributed by atoms with E-state index in [1.54, 1.807) is 19.1 Å². The monoisotopic (exact) mass is 536 g/mol. The summed E-state index contributed by atoms with van der Waals surface area (Å²) in [6.07, 6.45) is 4.81. The predicted molar refractivity (Wildman–Crippen MR) is 151 cm³/mol. The molecule has 2 aliphatic rings. The SMILES string of the molecule is COCc1ccc(OC)c(CN[C@H]2[C@H](C(C)(C)C)[C@@H](C(=O)O)N(C(=O)C3CCCCC3)[C@H]2c2ccccc2)c1. The van der Waals surface area contributed by atoms with Crippen molar-refractivity contribution in [2.45, 2.75) is 84.2 Å². The number of carbonyl (C=O) groups is 2. The van der Waals surface area contributed by atoms with Crippen LogP contribution in [0.15, 0.2) is 48.5 Å². The van der Waals surface area contributed by atoms with Crippen LogP contribution in [-0.4, -0.2) is 48.2 Å². The molecule has 1 saturated carbocycles. The van der Waals surface area contributed by atoms with Crippen LogP contribution in [0.3, 0.4) is 0 Å². The second-order valence-electron chi connectivity index (χ2n) is 12.1. The first-order chi connectivity index (χ1) is 18.7. The molecule has 4 rings (SSSR count). The van der Waals surface area contributed by atoms with Crippen molar-refractivity contribution in [1.29, 1.82) is 0 Å². The lowest BCUT2D eigenvalue weighted by molar-refractivity contribution is -0.154. The number of hydrogen-bond acceptors (Lipinski definition) is 5. The third-order valence-electron chi connectivity index (χ3n) is 8.45. The fourth-order valence-electron chi connectivity index (χ4n) is 6.74. The molecule has 0 bridgehead atoms. The number of carboxylic acids is 1. The van der Waals surface area contributed by atoms with Crippen molar-refractivity contribution in [2.75, 3.05) is 14.2 Å². The number of carbonyl (C=O) groups excluding carboxylic acids is 1. The Bertz CT molecular complexity index is 1120. The van der Waals surface area contributed by atoms with Gasteiger partial charge in [0, 0.05) is 37.1 Å². The van der Waals surface area contributed by atoms with Gasteiger partial charge in [0.15, 0.2) is 0 Å². The summed E-state index contributed by atoms with van der Waals surface area (Å²) in [5, 5.41) is 14.4. The standard InChI is InChI=1S/C32H44N2O5/c1-32(2,3)26-27(33-19-24-18-21(20-38-4)16-17-25(24)39-5)28(22-12-8-6-9-13-22)34(29(26)31(36)37)30(35)23-14-10-7-11-15-23/h6,8-9,12-13,16-18,23,26-29,33H,7,10-11,14-15,19-20H2,1-5H3,(H,36,37)/t26-,27-,28-,29-/m0/s1. The molecule has 1 amide bonds. The summed E-state index contributed by atoms with van der Waals surface area (Å²) in [7, 11) is 3.32. The number of rotatable bonds is 9. The normalized spacial score (nSPS) is 24.1. The molecule has 212 valence electrons. The highest BCUT2D eigenvalue weighted by Crippen LogP contribution is 2.49. The third kappa shape index (κ3) is 6.30. The maximum atomic E-state index is 14.2. The number of carboxylic acid groups (broad SMARTS) is 1. The Morgan fingerprint density at radius 2 is 1.72 bits per heavy atom. The minimum Gasteiger partial charge on any atom is -0.496 e. The van der Waals surface area contributed by atoms with Gasteiger partial charge in [-0.3, -0.25) is 4.79 Å². The molecule has 0 spiro atoms. The Morgan fingerprint density at radius 3 is 2.31 bits per heavy atom. The number of hydrogen-bond donors (Lipinski definition) is 2. The van der Waals surface area contributed by atoms with Crippen molar-refractivity contribution >= 4 is 11.9 Å². The molecule has 0 aromatic heterocycles. The van der Waals surface area contributed by atoms with Crippen molar-refractivity contribution in [2.24, 2.45) is 17.3 Å².